The lowest BCUT2D eigenvalue weighted by molar-refractivity contribution is 0.181. The molecule has 19 heavy (non-hydrogen) atoms. The van der Waals surface area contributed by atoms with E-state index in [1.165, 1.54) is 37.6 Å². The molecule has 1 aromatic heterocycles. The number of halogens is 2. The Balaban J connectivity index is 2.69. The number of benzene rings is 1. The number of rotatable bonds is 3. The van der Waals surface area contributed by atoms with Gasteiger partial charge in [-0.15, -0.1) is 0 Å². The van der Waals surface area contributed by atoms with Gasteiger partial charge in [-0.05, 0) is 18.2 Å². The summed E-state index contributed by atoms with van der Waals surface area (Å²) < 4.78 is 33.0. The predicted octanol–water partition coefficient (Wildman–Crippen LogP) is 1.98. The second-order valence-corrected chi connectivity index (χ2v) is 3.82. The van der Waals surface area contributed by atoms with Gasteiger partial charge in [-0.25, -0.2) is 8.78 Å². The maximum absolute atomic E-state index is 14.2. The molecule has 1 heterocycles. The molecule has 0 saturated heterocycles. The van der Waals surface area contributed by atoms with Crippen LogP contribution in [0.25, 0.3) is 11.3 Å². The highest BCUT2D eigenvalue weighted by Crippen LogP contribution is 2.34. The summed E-state index contributed by atoms with van der Waals surface area (Å²) in [5.41, 5.74) is 4.72. The Morgan fingerprint density at radius 2 is 2.05 bits per heavy atom. The van der Waals surface area contributed by atoms with Gasteiger partial charge in [-0.1, -0.05) is 6.07 Å². The van der Waals surface area contributed by atoms with E-state index in [0.29, 0.717) is 0 Å². The first-order chi connectivity index (χ1) is 9.06. The minimum absolute atomic E-state index is 0.106. The van der Waals surface area contributed by atoms with Crippen molar-refractivity contribution in [2.45, 2.75) is 6.23 Å². The van der Waals surface area contributed by atoms with Crippen molar-refractivity contribution in [2.75, 3.05) is 7.11 Å². The zero-order chi connectivity index (χ0) is 14.0. The van der Waals surface area contributed by atoms with E-state index in [9.17, 15) is 13.9 Å². The maximum atomic E-state index is 14.2. The van der Waals surface area contributed by atoms with Crippen LogP contribution in [0.1, 0.15) is 11.8 Å². The van der Waals surface area contributed by atoms with Crippen LogP contribution in [-0.2, 0) is 0 Å². The average Bonchev–Trinajstić information content (AvgIpc) is 2.39. The molecule has 1 unspecified atom stereocenters. The zero-order valence-corrected chi connectivity index (χ0v) is 10.1. The van der Waals surface area contributed by atoms with E-state index in [1.54, 1.807) is 0 Å². The molecular formula is C13H12F2N2O2. The lowest BCUT2D eigenvalue weighted by Crippen LogP contribution is -2.12. The average molecular weight is 266 g/mol. The van der Waals surface area contributed by atoms with Crippen LogP contribution < -0.4 is 10.5 Å². The summed E-state index contributed by atoms with van der Waals surface area (Å²) in [5.74, 6) is -1.40. The molecule has 0 bridgehead atoms. The van der Waals surface area contributed by atoms with Crippen LogP contribution in [0, 0.1) is 11.6 Å². The van der Waals surface area contributed by atoms with Gasteiger partial charge in [0.25, 0.3) is 0 Å². The van der Waals surface area contributed by atoms with E-state index in [-0.39, 0.29) is 22.6 Å². The molecule has 0 aliphatic carbocycles. The molecule has 1 aromatic carbocycles. The van der Waals surface area contributed by atoms with Gasteiger partial charge in [0.2, 0.25) is 0 Å². The largest absolute Gasteiger partial charge is 0.496 e. The number of methoxy groups -OCH3 is 1. The minimum atomic E-state index is -1.50. The van der Waals surface area contributed by atoms with Gasteiger partial charge < -0.3 is 15.6 Å². The van der Waals surface area contributed by atoms with Gasteiger partial charge in [0, 0.05) is 11.8 Å². The summed E-state index contributed by atoms with van der Waals surface area (Å²) in [7, 11) is 1.35. The van der Waals surface area contributed by atoms with Crippen LogP contribution >= 0.6 is 0 Å². The molecule has 6 heteroatoms. The molecule has 0 fully saturated rings. The van der Waals surface area contributed by atoms with Crippen LogP contribution in [0.15, 0.2) is 30.5 Å². The fraction of sp³-hybridized carbons (Fsp3) is 0.154. The van der Waals surface area contributed by atoms with Crippen molar-refractivity contribution in [3.63, 3.8) is 0 Å². The second kappa shape index (κ2) is 5.29. The lowest BCUT2D eigenvalue weighted by atomic mass is 10.1. The van der Waals surface area contributed by atoms with Crippen LogP contribution in [0.5, 0.6) is 5.75 Å². The highest BCUT2D eigenvalue weighted by Gasteiger charge is 2.20. The fourth-order valence-electron chi connectivity index (χ4n) is 1.77. The Morgan fingerprint density at radius 3 is 2.68 bits per heavy atom. The lowest BCUT2D eigenvalue weighted by Gasteiger charge is -2.12. The maximum Gasteiger partial charge on any atom is 0.156 e. The molecule has 4 nitrogen and oxygen atoms in total. The first kappa shape index (κ1) is 13.4. The van der Waals surface area contributed by atoms with Gasteiger partial charge in [-0.2, -0.15) is 0 Å². The summed E-state index contributed by atoms with van der Waals surface area (Å²) in [5, 5.41) is 9.26. The first-order valence-corrected chi connectivity index (χ1v) is 5.47. The summed E-state index contributed by atoms with van der Waals surface area (Å²) >= 11 is 0. The Hall–Kier alpha value is -2.05. The van der Waals surface area contributed by atoms with Gasteiger partial charge in [0.15, 0.2) is 5.82 Å². The number of nitrogens with zero attached hydrogens (tertiary/aromatic N) is 1. The molecule has 100 valence electrons. The number of hydrogen-bond donors (Lipinski definition) is 2. The highest BCUT2D eigenvalue weighted by molar-refractivity contribution is 5.69. The minimum Gasteiger partial charge on any atom is -0.496 e. The smallest absolute Gasteiger partial charge is 0.156 e. The normalized spacial score (nSPS) is 12.3. The van der Waals surface area contributed by atoms with Crippen molar-refractivity contribution >= 4 is 0 Å². The van der Waals surface area contributed by atoms with Crippen LogP contribution in [0.4, 0.5) is 8.78 Å². The molecule has 0 aliphatic heterocycles. The van der Waals surface area contributed by atoms with Crippen molar-refractivity contribution < 1.29 is 18.6 Å². The summed E-state index contributed by atoms with van der Waals surface area (Å²) in [6, 6.07) is 5.34. The number of aromatic nitrogens is 1. The number of aliphatic hydroxyl groups is 1. The number of hydrogen-bond acceptors (Lipinski definition) is 4. The van der Waals surface area contributed by atoms with Crippen LogP contribution in [0.3, 0.4) is 0 Å². The Labute approximate surface area is 108 Å². The van der Waals surface area contributed by atoms with Gasteiger partial charge in [0.1, 0.15) is 23.5 Å². The molecule has 3 N–H and O–H groups in total. The molecule has 1 atom stereocenters. The Kier molecular flexibility index (Phi) is 3.73. The van der Waals surface area contributed by atoms with Crippen LogP contribution in [-0.4, -0.2) is 17.2 Å². The van der Waals surface area contributed by atoms with Gasteiger partial charge in [-0.3, -0.25) is 4.98 Å². The first-order valence-electron chi connectivity index (χ1n) is 5.47. The van der Waals surface area contributed by atoms with Crippen molar-refractivity contribution in [3.8, 4) is 17.0 Å². The number of nitrogens with two attached hydrogens (primary N) is 1. The topological polar surface area (TPSA) is 68.4 Å². The quantitative estimate of drug-likeness (QED) is 0.834. The third-order valence-electron chi connectivity index (χ3n) is 2.67. The van der Waals surface area contributed by atoms with E-state index in [4.69, 9.17) is 10.5 Å². The molecule has 0 spiro atoms. The van der Waals surface area contributed by atoms with Crippen molar-refractivity contribution in [1.29, 1.82) is 0 Å². The number of ether oxygens (including phenoxy) is 1. The fourth-order valence-corrected chi connectivity index (χ4v) is 1.77. The number of aliphatic hydroxyl groups excluding tert-OH is 1. The molecule has 0 aliphatic rings. The molecule has 2 aromatic rings. The molecular weight excluding hydrogens is 254 g/mol. The molecule has 0 saturated carbocycles. The highest BCUT2D eigenvalue weighted by atomic mass is 19.1. The van der Waals surface area contributed by atoms with E-state index in [1.807, 2.05) is 0 Å². The Bertz CT molecular complexity index is 603. The van der Waals surface area contributed by atoms with Gasteiger partial charge >= 0.3 is 0 Å². The van der Waals surface area contributed by atoms with E-state index in [2.05, 4.69) is 4.98 Å². The van der Waals surface area contributed by atoms with E-state index >= 15 is 0 Å². The third-order valence-corrected chi connectivity index (χ3v) is 2.67. The third kappa shape index (κ3) is 2.40. The van der Waals surface area contributed by atoms with Crippen molar-refractivity contribution in [2.24, 2.45) is 5.73 Å². The van der Waals surface area contributed by atoms with E-state index < -0.39 is 17.9 Å². The van der Waals surface area contributed by atoms with Gasteiger partial charge in [0.05, 0.1) is 12.7 Å². The van der Waals surface area contributed by atoms with Crippen molar-refractivity contribution in [3.05, 3.63) is 47.7 Å². The van der Waals surface area contributed by atoms with Crippen LogP contribution in [0.2, 0.25) is 0 Å². The second-order valence-electron chi connectivity index (χ2n) is 3.82. The molecule has 2 rings (SSSR count). The van der Waals surface area contributed by atoms with E-state index in [0.717, 1.165) is 0 Å². The monoisotopic (exact) mass is 266 g/mol. The zero-order valence-electron chi connectivity index (χ0n) is 10.1. The summed E-state index contributed by atoms with van der Waals surface area (Å²) in [6.45, 7) is 0. The number of pyridine rings is 1. The predicted molar refractivity (Wildman–Crippen MR) is 65.3 cm³/mol. The summed E-state index contributed by atoms with van der Waals surface area (Å²) in [6.07, 6.45) is -0.255. The molecule has 0 amide bonds. The Morgan fingerprint density at radius 1 is 1.32 bits per heavy atom. The SMILES string of the molecule is COc1cccc(F)c1-c1nccc(C(N)O)c1F. The molecule has 0 radical (unpaired) electrons. The van der Waals surface area contributed by atoms with Crippen molar-refractivity contribution in [1.82, 2.24) is 4.98 Å². The standard InChI is InChI=1S/C13H12F2N2O2/c1-19-9-4-2-3-8(14)10(9)12-11(15)7(13(16)18)5-6-17-12/h2-6,13,18H,16H2,1H3. The summed E-state index contributed by atoms with van der Waals surface area (Å²) in [4.78, 5) is 3.80.